The molecule has 2 N–H and O–H groups in total. The van der Waals surface area contributed by atoms with Gasteiger partial charge < -0.3 is 15.4 Å². The molecular weight excluding hydrogens is 392 g/mol. The highest BCUT2D eigenvalue weighted by Gasteiger charge is 2.24. The molecule has 6 heteroatoms. The Morgan fingerprint density at radius 1 is 1.06 bits per heavy atom. The van der Waals surface area contributed by atoms with Crippen molar-refractivity contribution in [3.05, 3.63) is 48.0 Å². The molecule has 0 spiro atoms. The molecule has 31 heavy (non-hydrogen) atoms. The van der Waals surface area contributed by atoms with Crippen molar-refractivity contribution in [1.29, 1.82) is 0 Å². The number of allylic oxidation sites excluding steroid dienone is 2. The monoisotopic (exact) mass is 426 g/mol. The van der Waals surface area contributed by atoms with E-state index in [9.17, 15) is 14.4 Å². The third-order valence-electron chi connectivity index (χ3n) is 6.12. The van der Waals surface area contributed by atoms with E-state index in [0.29, 0.717) is 31.7 Å². The predicted octanol–water partition coefficient (Wildman–Crippen LogP) is 3.83. The van der Waals surface area contributed by atoms with Gasteiger partial charge in [0.2, 0.25) is 11.8 Å². The van der Waals surface area contributed by atoms with Crippen LogP contribution in [0.4, 0.5) is 0 Å². The smallest absolute Gasteiger partial charge is 0.306 e. The van der Waals surface area contributed by atoms with Gasteiger partial charge in [-0.3, -0.25) is 14.4 Å². The Labute approximate surface area is 184 Å². The zero-order chi connectivity index (χ0) is 21.9. The Bertz CT molecular complexity index is 756. The highest BCUT2D eigenvalue weighted by atomic mass is 16.5. The van der Waals surface area contributed by atoms with E-state index in [1.165, 1.54) is 32.1 Å². The molecule has 0 bridgehead atoms. The summed E-state index contributed by atoms with van der Waals surface area (Å²) in [6, 6.07) is 9.41. The number of cyclic esters (lactones) is 1. The molecular formula is C25H34N2O4. The van der Waals surface area contributed by atoms with E-state index in [1.54, 1.807) is 0 Å². The Kier molecular flexibility index (Phi) is 9.13. The maximum absolute atomic E-state index is 12.9. The summed E-state index contributed by atoms with van der Waals surface area (Å²) in [6.45, 7) is 0.896. The topological polar surface area (TPSA) is 84.5 Å². The van der Waals surface area contributed by atoms with Gasteiger partial charge >= 0.3 is 5.97 Å². The normalized spacial score (nSPS) is 23.7. The fraction of sp³-hybridized carbons (Fsp3) is 0.560. The van der Waals surface area contributed by atoms with Crippen molar-refractivity contribution in [2.75, 3.05) is 13.1 Å². The summed E-state index contributed by atoms with van der Waals surface area (Å²) in [6.07, 6.45) is 10.9. The molecule has 1 aliphatic carbocycles. The molecule has 1 saturated carbocycles. The van der Waals surface area contributed by atoms with Gasteiger partial charge in [0, 0.05) is 19.4 Å². The van der Waals surface area contributed by atoms with E-state index >= 15 is 0 Å². The van der Waals surface area contributed by atoms with Crippen LogP contribution in [0.5, 0.6) is 0 Å². The van der Waals surface area contributed by atoms with Gasteiger partial charge in [0.05, 0.1) is 12.5 Å². The summed E-state index contributed by atoms with van der Waals surface area (Å²) >= 11 is 0. The molecule has 0 aromatic heterocycles. The third kappa shape index (κ3) is 7.85. The summed E-state index contributed by atoms with van der Waals surface area (Å²) in [7, 11) is 0. The number of hydrogen-bond acceptors (Lipinski definition) is 4. The van der Waals surface area contributed by atoms with Gasteiger partial charge in [-0.15, -0.1) is 0 Å². The average Bonchev–Trinajstić information content (AvgIpc) is 2.79. The summed E-state index contributed by atoms with van der Waals surface area (Å²) in [5, 5.41) is 5.94. The average molecular weight is 427 g/mol. The molecule has 2 aliphatic rings. The van der Waals surface area contributed by atoms with Crippen molar-refractivity contribution < 1.29 is 19.1 Å². The van der Waals surface area contributed by atoms with Gasteiger partial charge in [-0.05, 0) is 37.2 Å². The lowest BCUT2D eigenvalue weighted by atomic mass is 9.89. The van der Waals surface area contributed by atoms with Gasteiger partial charge in [-0.2, -0.15) is 0 Å². The van der Waals surface area contributed by atoms with E-state index in [4.69, 9.17) is 4.74 Å². The van der Waals surface area contributed by atoms with Gasteiger partial charge in [0.1, 0.15) is 6.10 Å². The SMILES string of the molecule is O=C(C[C@@H]1CC=CCCC(=O)OC(c2ccccc2)CNC1=O)NCC1CCCCC1. The zero-order valence-electron chi connectivity index (χ0n) is 18.2. The quantitative estimate of drug-likeness (QED) is 0.554. The van der Waals surface area contributed by atoms with Crippen LogP contribution < -0.4 is 10.6 Å². The van der Waals surface area contributed by atoms with Gasteiger partial charge in [0.15, 0.2) is 0 Å². The van der Waals surface area contributed by atoms with Crippen molar-refractivity contribution in [2.24, 2.45) is 11.8 Å². The van der Waals surface area contributed by atoms with Gasteiger partial charge in [-0.25, -0.2) is 0 Å². The van der Waals surface area contributed by atoms with Gasteiger partial charge in [0.25, 0.3) is 0 Å². The van der Waals surface area contributed by atoms with Crippen molar-refractivity contribution in [1.82, 2.24) is 10.6 Å². The number of rotatable bonds is 5. The van der Waals surface area contributed by atoms with E-state index in [2.05, 4.69) is 10.6 Å². The van der Waals surface area contributed by atoms with Crippen molar-refractivity contribution in [2.45, 2.75) is 63.9 Å². The standard InChI is InChI=1S/C25H34N2O4/c28-23(26-17-19-10-4-1-5-11-19)16-21-14-8-3-9-15-24(29)31-22(18-27-25(21)30)20-12-6-2-7-13-20/h2-3,6-8,12-13,19,21-22H,1,4-5,9-11,14-18H2,(H,26,28)(H,27,30)/t21-,22?/m0/s1. The highest BCUT2D eigenvalue weighted by Crippen LogP contribution is 2.23. The molecule has 1 aromatic rings. The van der Waals surface area contributed by atoms with Crippen molar-refractivity contribution in [3.8, 4) is 0 Å². The molecule has 1 aromatic carbocycles. The molecule has 1 heterocycles. The Hall–Kier alpha value is -2.63. The molecule has 0 radical (unpaired) electrons. The van der Waals surface area contributed by atoms with Crippen LogP contribution in [0.2, 0.25) is 0 Å². The maximum atomic E-state index is 12.9. The van der Waals surface area contributed by atoms with Crippen LogP contribution in [0.25, 0.3) is 0 Å². The lowest BCUT2D eigenvalue weighted by Gasteiger charge is -2.23. The number of ether oxygens (including phenoxy) is 1. The lowest BCUT2D eigenvalue weighted by Crippen LogP contribution is -2.38. The second kappa shape index (κ2) is 12.3. The van der Waals surface area contributed by atoms with Crippen LogP contribution in [0, 0.1) is 11.8 Å². The Morgan fingerprint density at radius 2 is 1.84 bits per heavy atom. The van der Waals surface area contributed by atoms with Crippen LogP contribution in [-0.4, -0.2) is 30.9 Å². The van der Waals surface area contributed by atoms with E-state index in [0.717, 1.165) is 5.56 Å². The minimum Gasteiger partial charge on any atom is -0.456 e. The molecule has 2 amide bonds. The lowest BCUT2D eigenvalue weighted by molar-refractivity contribution is -0.150. The minimum absolute atomic E-state index is 0.0720. The minimum atomic E-state index is -0.540. The predicted molar refractivity (Wildman–Crippen MR) is 119 cm³/mol. The summed E-state index contributed by atoms with van der Waals surface area (Å²) in [5.41, 5.74) is 0.838. The van der Waals surface area contributed by atoms with E-state index in [1.807, 2.05) is 42.5 Å². The molecule has 3 rings (SSSR count). The molecule has 2 atom stereocenters. The molecule has 1 unspecified atom stereocenters. The second-order valence-electron chi connectivity index (χ2n) is 8.59. The number of amides is 2. The van der Waals surface area contributed by atoms with Crippen molar-refractivity contribution in [3.63, 3.8) is 0 Å². The summed E-state index contributed by atoms with van der Waals surface area (Å²) in [4.78, 5) is 37.5. The Balaban J connectivity index is 1.59. The second-order valence-corrected chi connectivity index (χ2v) is 8.59. The van der Waals surface area contributed by atoms with Crippen LogP contribution in [0.1, 0.15) is 69.5 Å². The summed E-state index contributed by atoms with van der Waals surface area (Å²) in [5.74, 6) is -0.419. The molecule has 1 aliphatic heterocycles. The third-order valence-corrected chi connectivity index (χ3v) is 6.12. The number of nitrogens with one attached hydrogen (secondary N) is 2. The Morgan fingerprint density at radius 3 is 2.61 bits per heavy atom. The first-order valence-corrected chi connectivity index (χ1v) is 11.6. The summed E-state index contributed by atoms with van der Waals surface area (Å²) < 4.78 is 5.61. The van der Waals surface area contributed by atoms with Gasteiger partial charge in [-0.1, -0.05) is 61.7 Å². The number of benzene rings is 1. The molecule has 0 saturated heterocycles. The first-order valence-electron chi connectivity index (χ1n) is 11.6. The van der Waals surface area contributed by atoms with Crippen LogP contribution in [0.3, 0.4) is 0 Å². The zero-order valence-corrected chi connectivity index (χ0v) is 18.2. The molecule has 1 fully saturated rings. The van der Waals surface area contributed by atoms with Crippen LogP contribution in [0.15, 0.2) is 42.5 Å². The number of carbonyl (C=O) groups is 3. The molecule has 6 nitrogen and oxygen atoms in total. The number of carbonyl (C=O) groups excluding carboxylic acids is 3. The number of hydrogen-bond donors (Lipinski definition) is 2. The first kappa shape index (κ1) is 23.0. The van der Waals surface area contributed by atoms with Crippen molar-refractivity contribution >= 4 is 17.8 Å². The van der Waals surface area contributed by atoms with E-state index in [-0.39, 0.29) is 30.7 Å². The highest BCUT2D eigenvalue weighted by molar-refractivity contribution is 5.86. The number of esters is 1. The largest absolute Gasteiger partial charge is 0.456 e. The van der Waals surface area contributed by atoms with Crippen LogP contribution >= 0.6 is 0 Å². The molecule has 168 valence electrons. The van der Waals surface area contributed by atoms with E-state index < -0.39 is 12.0 Å². The van der Waals surface area contributed by atoms with Crippen LogP contribution in [-0.2, 0) is 19.1 Å². The first-order chi connectivity index (χ1) is 15.1. The fourth-order valence-corrected chi connectivity index (χ4v) is 4.26. The fourth-order valence-electron chi connectivity index (χ4n) is 4.26. The maximum Gasteiger partial charge on any atom is 0.306 e.